The maximum Gasteiger partial charge on any atom is 0.257 e. The fourth-order valence-corrected chi connectivity index (χ4v) is 2.31. The lowest BCUT2D eigenvalue weighted by atomic mass is 10.1. The fraction of sp³-hybridized carbons (Fsp3) is 0.571. The maximum absolute atomic E-state index is 4.43. The summed E-state index contributed by atoms with van der Waals surface area (Å²) in [6.07, 6.45) is 4.77. The molecule has 7 nitrogen and oxygen atoms in total. The highest BCUT2D eigenvalue weighted by atomic mass is 15.4. The monoisotopic (exact) mass is 287 g/mol. The first-order valence-corrected chi connectivity index (χ1v) is 7.32. The summed E-state index contributed by atoms with van der Waals surface area (Å²) in [5.74, 6) is 2.36. The summed E-state index contributed by atoms with van der Waals surface area (Å²) < 4.78 is 1.63. The second kappa shape index (κ2) is 5.31. The van der Waals surface area contributed by atoms with Crippen molar-refractivity contribution in [3.8, 4) is 5.95 Å². The SMILES string of the molecule is CCNc1nc(NCC2CC2(C)C)nc(-n2cccn2)n1. The zero-order chi connectivity index (χ0) is 14.9. The van der Waals surface area contributed by atoms with Gasteiger partial charge in [-0.15, -0.1) is 0 Å². The quantitative estimate of drug-likeness (QED) is 0.845. The number of anilines is 2. The molecule has 1 aliphatic carbocycles. The highest BCUT2D eigenvalue weighted by Gasteiger charge is 2.45. The highest BCUT2D eigenvalue weighted by Crippen LogP contribution is 2.51. The van der Waals surface area contributed by atoms with E-state index in [0.29, 0.717) is 29.2 Å². The Morgan fingerprint density at radius 1 is 1.24 bits per heavy atom. The zero-order valence-corrected chi connectivity index (χ0v) is 12.7. The molecule has 2 heterocycles. The molecule has 1 saturated carbocycles. The molecule has 0 aromatic carbocycles. The van der Waals surface area contributed by atoms with Crippen molar-refractivity contribution in [2.75, 3.05) is 23.7 Å². The van der Waals surface area contributed by atoms with Gasteiger partial charge in [-0.25, -0.2) is 4.68 Å². The van der Waals surface area contributed by atoms with E-state index in [1.807, 2.05) is 19.2 Å². The summed E-state index contributed by atoms with van der Waals surface area (Å²) in [6.45, 7) is 8.23. The molecule has 0 radical (unpaired) electrons. The minimum absolute atomic E-state index is 0.440. The van der Waals surface area contributed by atoms with Crippen LogP contribution in [0, 0.1) is 11.3 Å². The first kappa shape index (κ1) is 13.8. The van der Waals surface area contributed by atoms with Crippen molar-refractivity contribution in [2.45, 2.75) is 27.2 Å². The largest absolute Gasteiger partial charge is 0.354 e. The van der Waals surface area contributed by atoms with Crippen molar-refractivity contribution < 1.29 is 0 Å². The number of aromatic nitrogens is 5. The lowest BCUT2D eigenvalue weighted by Gasteiger charge is -2.10. The summed E-state index contributed by atoms with van der Waals surface area (Å²) >= 11 is 0. The predicted octanol–water partition coefficient (Wildman–Crippen LogP) is 1.95. The van der Waals surface area contributed by atoms with Crippen LogP contribution in [-0.4, -0.2) is 37.8 Å². The topological polar surface area (TPSA) is 80.5 Å². The molecule has 112 valence electrons. The Morgan fingerprint density at radius 3 is 2.52 bits per heavy atom. The van der Waals surface area contributed by atoms with Gasteiger partial charge in [0.15, 0.2) is 0 Å². The third-order valence-corrected chi connectivity index (χ3v) is 3.89. The molecule has 0 saturated heterocycles. The van der Waals surface area contributed by atoms with E-state index >= 15 is 0 Å². The molecule has 2 N–H and O–H groups in total. The first-order chi connectivity index (χ1) is 10.1. The van der Waals surface area contributed by atoms with Gasteiger partial charge >= 0.3 is 0 Å². The second-order valence-electron chi connectivity index (χ2n) is 6.03. The van der Waals surface area contributed by atoms with Crippen LogP contribution in [-0.2, 0) is 0 Å². The summed E-state index contributed by atoms with van der Waals surface area (Å²) in [5, 5.41) is 10.6. The van der Waals surface area contributed by atoms with Crippen molar-refractivity contribution in [1.82, 2.24) is 24.7 Å². The molecular formula is C14H21N7. The molecule has 1 aliphatic rings. The Labute approximate surface area is 124 Å². The molecule has 2 aromatic heterocycles. The van der Waals surface area contributed by atoms with Gasteiger partial charge in [0, 0.05) is 25.5 Å². The Bertz CT molecular complexity index is 606. The molecule has 0 aliphatic heterocycles. The normalized spacial score (nSPS) is 19.3. The first-order valence-electron chi connectivity index (χ1n) is 7.32. The van der Waals surface area contributed by atoms with Gasteiger partial charge in [-0.2, -0.15) is 20.1 Å². The second-order valence-corrected chi connectivity index (χ2v) is 6.03. The van der Waals surface area contributed by atoms with Gasteiger partial charge in [-0.05, 0) is 30.7 Å². The summed E-state index contributed by atoms with van der Waals surface area (Å²) in [7, 11) is 0. The van der Waals surface area contributed by atoms with E-state index in [1.54, 1.807) is 10.9 Å². The fourth-order valence-electron chi connectivity index (χ4n) is 2.31. The van der Waals surface area contributed by atoms with Crippen LogP contribution in [0.15, 0.2) is 18.5 Å². The van der Waals surface area contributed by atoms with E-state index in [0.717, 1.165) is 13.1 Å². The summed E-state index contributed by atoms with van der Waals surface area (Å²) in [4.78, 5) is 13.2. The van der Waals surface area contributed by atoms with Crippen molar-refractivity contribution in [3.05, 3.63) is 18.5 Å². The molecular weight excluding hydrogens is 266 g/mol. The molecule has 3 rings (SSSR count). The molecule has 1 fully saturated rings. The van der Waals surface area contributed by atoms with Crippen LogP contribution in [0.5, 0.6) is 0 Å². The third kappa shape index (κ3) is 3.12. The minimum Gasteiger partial charge on any atom is -0.354 e. The van der Waals surface area contributed by atoms with Gasteiger partial charge in [-0.3, -0.25) is 0 Å². The van der Waals surface area contributed by atoms with E-state index in [9.17, 15) is 0 Å². The Balaban J connectivity index is 1.78. The number of hydrogen-bond donors (Lipinski definition) is 2. The van der Waals surface area contributed by atoms with Crippen LogP contribution in [0.2, 0.25) is 0 Å². The van der Waals surface area contributed by atoms with Crippen LogP contribution < -0.4 is 10.6 Å². The standard InChI is InChI=1S/C14H21N7/c1-4-15-11-18-12(16-9-10-8-14(10,2)3)20-13(19-11)21-7-5-6-17-21/h5-7,10H,4,8-9H2,1-3H3,(H2,15,16,18,19,20). The van der Waals surface area contributed by atoms with Gasteiger partial charge in [0.25, 0.3) is 5.95 Å². The van der Waals surface area contributed by atoms with Crippen LogP contribution in [0.25, 0.3) is 5.95 Å². The van der Waals surface area contributed by atoms with Crippen molar-refractivity contribution >= 4 is 11.9 Å². The van der Waals surface area contributed by atoms with Crippen molar-refractivity contribution in [2.24, 2.45) is 11.3 Å². The molecule has 21 heavy (non-hydrogen) atoms. The number of nitrogens with zero attached hydrogens (tertiary/aromatic N) is 5. The molecule has 7 heteroatoms. The van der Waals surface area contributed by atoms with E-state index in [2.05, 4.69) is 44.5 Å². The average molecular weight is 287 g/mol. The van der Waals surface area contributed by atoms with E-state index in [1.165, 1.54) is 6.42 Å². The van der Waals surface area contributed by atoms with E-state index < -0.39 is 0 Å². The van der Waals surface area contributed by atoms with Gasteiger partial charge in [-0.1, -0.05) is 13.8 Å². The van der Waals surface area contributed by atoms with Gasteiger partial charge in [0.1, 0.15) is 0 Å². The smallest absolute Gasteiger partial charge is 0.257 e. The molecule has 1 atom stereocenters. The van der Waals surface area contributed by atoms with Crippen LogP contribution >= 0.6 is 0 Å². The average Bonchev–Trinajstić information content (AvgIpc) is 2.88. The third-order valence-electron chi connectivity index (χ3n) is 3.89. The Morgan fingerprint density at radius 2 is 1.95 bits per heavy atom. The lowest BCUT2D eigenvalue weighted by Crippen LogP contribution is -2.15. The minimum atomic E-state index is 0.440. The van der Waals surface area contributed by atoms with Gasteiger partial charge in [0.2, 0.25) is 11.9 Å². The van der Waals surface area contributed by atoms with E-state index in [-0.39, 0.29) is 0 Å². The van der Waals surface area contributed by atoms with Crippen molar-refractivity contribution in [3.63, 3.8) is 0 Å². The number of rotatable bonds is 6. The zero-order valence-electron chi connectivity index (χ0n) is 12.7. The predicted molar refractivity (Wildman–Crippen MR) is 81.5 cm³/mol. The highest BCUT2D eigenvalue weighted by molar-refractivity contribution is 5.38. The molecule has 0 bridgehead atoms. The number of nitrogens with one attached hydrogen (secondary N) is 2. The van der Waals surface area contributed by atoms with Gasteiger partial charge < -0.3 is 10.6 Å². The van der Waals surface area contributed by atoms with Crippen LogP contribution in [0.1, 0.15) is 27.2 Å². The molecule has 2 aromatic rings. The Kier molecular flexibility index (Phi) is 3.48. The van der Waals surface area contributed by atoms with Gasteiger partial charge in [0.05, 0.1) is 0 Å². The van der Waals surface area contributed by atoms with Crippen LogP contribution in [0.4, 0.5) is 11.9 Å². The summed E-state index contributed by atoms with van der Waals surface area (Å²) in [5.41, 5.74) is 0.440. The molecule has 0 spiro atoms. The lowest BCUT2D eigenvalue weighted by molar-refractivity contribution is 0.572. The molecule has 0 amide bonds. The Hall–Kier alpha value is -2.18. The summed E-state index contributed by atoms with van der Waals surface area (Å²) in [6, 6.07) is 1.84. The van der Waals surface area contributed by atoms with Crippen LogP contribution in [0.3, 0.4) is 0 Å². The van der Waals surface area contributed by atoms with Crippen molar-refractivity contribution in [1.29, 1.82) is 0 Å². The number of hydrogen-bond acceptors (Lipinski definition) is 6. The molecule has 1 unspecified atom stereocenters. The van der Waals surface area contributed by atoms with E-state index in [4.69, 9.17) is 0 Å². The maximum atomic E-state index is 4.43.